The number of carbonyl (C=O) groups is 1. The molecule has 1 heterocycles. The second-order valence-corrected chi connectivity index (χ2v) is 4.70. The van der Waals surface area contributed by atoms with Crippen molar-refractivity contribution >= 4 is 11.7 Å². The summed E-state index contributed by atoms with van der Waals surface area (Å²) in [6, 6.07) is 11.2. The number of ether oxygens (including phenoxy) is 1. The molecule has 4 nitrogen and oxygen atoms in total. The lowest BCUT2D eigenvalue weighted by Crippen LogP contribution is -2.42. The minimum absolute atomic E-state index is 0.256. The summed E-state index contributed by atoms with van der Waals surface area (Å²) in [7, 11) is 0. The Hall–Kier alpha value is -2.43. The van der Waals surface area contributed by atoms with Crippen LogP contribution in [-0.4, -0.2) is 17.6 Å². The van der Waals surface area contributed by atoms with Gasteiger partial charge in [0, 0.05) is 11.9 Å². The molecule has 21 heavy (non-hydrogen) atoms. The number of hydrogen-bond donors (Lipinski definition) is 1. The molecule has 1 unspecified atom stereocenters. The van der Waals surface area contributed by atoms with E-state index in [0.717, 1.165) is 0 Å². The van der Waals surface area contributed by atoms with Crippen LogP contribution >= 0.6 is 0 Å². The van der Waals surface area contributed by atoms with Crippen molar-refractivity contribution in [1.82, 2.24) is 4.98 Å². The van der Waals surface area contributed by atoms with Crippen molar-refractivity contribution in [3.8, 4) is 0 Å². The molecule has 0 spiro atoms. The van der Waals surface area contributed by atoms with Crippen molar-refractivity contribution in [2.75, 3.05) is 11.9 Å². The number of halogens is 1. The second kappa shape index (κ2) is 6.35. The molecular weight excluding hydrogens is 271 g/mol. The van der Waals surface area contributed by atoms with Gasteiger partial charge in [0.2, 0.25) is 0 Å². The average molecular weight is 288 g/mol. The highest BCUT2D eigenvalue weighted by atomic mass is 19.1. The number of anilines is 1. The minimum Gasteiger partial charge on any atom is -0.464 e. The van der Waals surface area contributed by atoms with Crippen molar-refractivity contribution in [1.29, 1.82) is 0 Å². The zero-order chi connectivity index (χ0) is 15.3. The van der Waals surface area contributed by atoms with E-state index >= 15 is 0 Å². The molecule has 0 saturated carbocycles. The van der Waals surface area contributed by atoms with E-state index in [1.165, 1.54) is 12.1 Å². The van der Waals surface area contributed by atoms with Gasteiger partial charge in [-0.2, -0.15) is 0 Å². The third kappa shape index (κ3) is 3.37. The van der Waals surface area contributed by atoms with Crippen molar-refractivity contribution in [3.05, 3.63) is 60.2 Å². The zero-order valence-corrected chi connectivity index (χ0v) is 12.0. The molecule has 1 aromatic carbocycles. The van der Waals surface area contributed by atoms with Crippen LogP contribution in [0.15, 0.2) is 48.7 Å². The van der Waals surface area contributed by atoms with Gasteiger partial charge in [-0.15, -0.1) is 0 Å². The Morgan fingerprint density at radius 2 is 2.14 bits per heavy atom. The Morgan fingerprint density at radius 1 is 1.33 bits per heavy atom. The maximum absolute atomic E-state index is 13.3. The van der Waals surface area contributed by atoms with Crippen LogP contribution in [0.5, 0.6) is 0 Å². The number of hydrogen-bond acceptors (Lipinski definition) is 4. The normalized spacial score (nSPS) is 13.3. The largest absolute Gasteiger partial charge is 0.464 e. The minimum atomic E-state index is -1.19. The topological polar surface area (TPSA) is 51.2 Å². The van der Waals surface area contributed by atoms with Crippen LogP contribution in [0, 0.1) is 5.82 Å². The summed E-state index contributed by atoms with van der Waals surface area (Å²) < 4.78 is 18.5. The first kappa shape index (κ1) is 15.0. The molecule has 0 aliphatic carbocycles. The van der Waals surface area contributed by atoms with Crippen LogP contribution in [-0.2, 0) is 15.1 Å². The summed E-state index contributed by atoms with van der Waals surface area (Å²) in [6.07, 6.45) is 1.60. The second-order valence-electron chi connectivity index (χ2n) is 4.70. The standard InChI is InChI=1S/C16H17FN2O2/c1-3-21-15(20)16(2,14-9-4-5-10-18-14)19-13-8-6-7-12(17)11-13/h4-11,19H,3H2,1-2H3. The predicted molar refractivity (Wildman–Crippen MR) is 78.2 cm³/mol. The fourth-order valence-electron chi connectivity index (χ4n) is 2.01. The lowest BCUT2D eigenvalue weighted by molar-refractivity contribution is -0.148. The van der Waals surface area contributed by atoms with E-state index in [9.17, 15) is 9.18 Å². The van der Waals surface area contributed by atoms with E-state index < -0.39 is 11.5 Å². The lowest BCUT2D eigenvalue weighted by Gasteiger charge is -2.29. The van der Waals surface area contributed by atoms with E-state index in [1.54, 1.807) is 50.4 Å². The van der Waals surface area contributed by atoms with Crippen molar-refractivity contribution in [2.45, 2.75) is 19.4 Å². The summed E-state index contributed by atoms with van der Waals surface area (Å²) in [4.78, 5) is 16.6. The molecule has 0 fully saturated rings. The van der Waals surface area contributed by atoms with Gasteiger partial charge >= 0.3 is 5.97 Å². The van der Waals surface area contributed by atoms with E-state index in [1.807, 2.05) is 0 Å². The highest BCUT2D eigenvalue weighted by Gasteiger charge is 2.38. The average Bonchev–Trinajstić information content (AvgIpc) is 2.48. The molecule has 0 saturated heterocycles. The molecule has 5 heteroatoms. The molecule has 0 bridgehead atoms. The molecule has 1 aromatic heterocycles. The first-order chi connectivity index (χ1) is 10.1. The highest BCUT2D eigenvalue weighted by Crippen LogP contribution is 2.26. The molecule has 2 rings (SSSR count). The third-order valence-electron chi connectivity index (χ3n) is 3.08. The lowest BCUT2D eigenvalue weighted by atomic mass is 9.96. The number of rotatable bonds is 5. The number of nitrogens with zero attached hydrogens (tertiary/aromatic N) is 1. The molecule has 0 aliphatic rings. The van der Waals surface area contributed by atoms with Gasteiger partial charge in [0.05, 0.1) is 12.3 Å². The van der Waals surface area contributed by atoms with Crippen LogP contribution in [0.4, 0.5) is 10.1 Å². The summed E-state index contributed by atoms with van der Waals surface area (Å²) in [5.74, 6) is -0.847. The summed E-state index contributed by atoms with van der Waals surface area (Å²) in [5.41, 5.74) is -0.200. The number of esters is 1. The predicted octanol–water partition coefficient (Wildman–Crippen LogP) is 3.11. The van der Waals surface area contributed by atoms with Crippen molar-refractivity contribution < 1.29 is 13.9 Å². The molecule has 0 amide bonds. The Labute approximate surface area is 123 Å². The van der Waals surface area contributed by atoms with Gasteiger partial charge in [0.25, 0.3) is 0 Å². The van der Waals surface area contributed by atoms with Crippen LogP contribution in [0.3, 0.4) is 0 Å². The van der Waals surface area contributed by atoms with E-state index in [2.05, 4.69) is 10.3 Å². The van der Waals surface area contributed by atoms with Crippen molar-refractivity contribution in [3.63, 3.8) is 0 Å². The number of carbonyl (C=O) groups excluding carboxylic acids is 1. The van der Waals surface area contributed by atoms with Crippen LogP contribution < -0.4 is 5.32 Å². The van der Waals surface area contributed by atoms with Gasteiger partial charge < -0.3 is 10.1 Å². The number of aromatic nitrogens is 1. The number of pyridine rings is 1. The summed E-state index contributed by atoms with van der Waals surface area (Å²) in [5, 5.41) is 3.02. The molecule has 110 valence electrons. The van der Waals surface area contributed by atoms with Crippen LogP contribution in [0.1, 0.15) is 19.5 Å². The molecule has 1 atom stereocenters. The van der Waals surface area contributed by atoms with E-state index in [-0.39, 0.29) is 12.4 Å². The maximum Gasteiger partial charge on any atom is 0.337 e. The highest BCUT2D eigenvalue weighted by molar-refractivity contribution is 5.85. The summed E-state index contributed by atoms with van der Waals surface area (Å²) >= 11 is 0. The third-order valence-corrected chi connectivity index (χ3v) is 3.08. The Kier molecular flexibility index (Phi) is 4.52. The number of nitrogens with one attached hydrogen (secondary N) is 1. The van der Waals surface area contributed by atoms with Gasteiger partial charge in [-0.05, 0) is 44.2 Å². The van der Waals surface area contributed by atoms with E-state index in [0.29, 0.717) is 11.4 Å². The first-order valence-corrected chi connectivity index (χ1v) is 6.68. The van der Waals surface area contributed by atoms with Crippen molar-refractivity contribution in [2.24, 2.45) is 0 Å². The Bertz CT molecular complexity index is 619. The molecule has 0 radical (unpaired) electrons. The van der Waals surface area contributed by atoms with Gasteiger partial charge in [-0.1, -0.05) is 12.1 Å². The van der Waals surface area contributed by atoms with Gasteiger partial charge in [0.15, 0.2) is 5.54 Å². The molecular formula is C16H17FN2O2. The fraction of sp³-hybridized carbons (Fsp3) is 0.250. The maximum atomic E-state index is 13.3. The van der Waals surface area contributed by atoms with Gasteiger partial charge in [0.1, 0.15) is 5.82 Å². The molecule has 2 aromatic rings. The zero-order valence-electron chi connectivity index (χ0n) is 12.0. The monoisotopic (exact) mass is 288 g/mol. The Morgan fingerprint density at radius 3 is 2.76 bits per heavy atom. The quantitative estimate of drug-likeness (QED) is 0.859. The first-order valence-electron chi connectivity index (χ1n) is 6.68. The smallest absolute Gasteiger partial charge is 0.337 e. The number of benzene rings is 1. The van der Waals surface area contributed by atoms with Gasteiger partial charge in [-0.3, -0.25) is 4.98 Å². The van der Waals surface area contributed by atoms with Crippen LogP contribution in [0.2, 0.25) is 0 Å². The van der Waals surface area contributed by atoms with Gasteiger partial charge in [-0.25, -0.2) is 9.18 Å². The molecule has 0 aliphatic heterocycles. The summed E-state index contributed by atoms with van der Waals surface area (Å²) in [6.45, 7) is 3.66. The van der Waals surface area contributed by atoms with E-state index in [4.69, 9.17) is 4.74 Å². The fourth-order valence-corrected chi connectivity index (χ4v) is 2.01. The molecule has 1 N–H and O–H groups in total. The Balaban J connectivity index is 2.39. The van der Waals surface area contributed by atoms with Crippen LogP contribution in [0.25, 0.3) is 0 Å². The SMILES string of the molecule is CCOC(=O)C(C)(Nc1cccc(F)c1)c1ccccn1.